The van der Waals surface area contributed by atoms with Crippen LogP contribution in [0.2, 0.25) is 0 Å². The van der Waals surface area contributed by atoms with Crippen molar-refractivity contribution in [3.63, 3.8) is 0 Å². The van der Waals surface area contributed by atoms with E-state index in [4.69, 9.17) is 9.63 Å². The highest BCUT2D eigenvalue weighted by molar-refractivity contribution is 5.87. The molecule has 27 heavy (non-hydrogen) atoms. The molecule has 1 unspecified atom stereocenters. The molecule has 1 aliphatic heterocycles. The molecule has 8 heteroatoms. The van der Waals surface area contributed by atoms with E-state index < -0.39 is 5.97 Å². The molecule has 2 aliphatic rings. The molecule has 4 rings (SSSR count). The SMILES string of the molecule is O=C(O)c1ccc(CNC(=O)N2CCCC(c3noc(C4CC4)n3)C2)cc1. The van der Waals surface area contributed by atoms with Crippen molar-refractivity contribution >= 4 is 12.0 Å². The zero-order valence-electron chi connectivity index (χ0n) is 14.9. The minimum Gasteiger partial charge on any atom is -0.478 e. The van der Waals surface area contributed by atoms with E-state index in [0.29, 0.717) is 31.4 Å². The Morgan fingerprint density at radius 3 is 2.67 bits per heavy atom. The van der Waals surface area contributed by atoms with Crippen molar-refractivity contribution in [2.45, 2.75) is 44.1 Å². The first kappa shape index (κ1) is 17.5. The number of benzene rings is 1. The molecule has 2 N–H and O–H groups in total. The first-order valence-corrected chi connectivity index (χ1v) is 9.28. The highest BCUT2D eigenvalue weighted by atomic mass is 16.5. The molecular formula is C19H22N4O4. The summed E-state index contributed by atoms with van der Waals surface area (Å²) >= 11 is 0. The zero-order chi connectivity index (χ0) is 18.8. The largest absolute Gasteiger partial charge is 0.478 e. The number of amides is 2. The second kappa shape index (κ2) is 7.38. The summed E-state index contributed by atoms with van der Waals surface area (Å²) in [6, 6.07) is 6.36. The molecular weight excluding hydrogens is 348 g/mol. The lowest BCUT2D eigenvalue weighted by molar-refractivity contribution is 0.0697. The topological polar surface area (TPSA) is 109 Å². The number of carboxylic acid groups (broad SMARTS) is 1. The number of likely N-dealkylation sites (tertiary alicyclic amines) is 1. The predicted octanol–water partition coefficient (Wildman–Crippen LogP) is 2.73. The van der Waals surface area contributed by atoms with Crippen LogP contribution in [0.3, 0.4) is 0 Å². The van der Waals surface area contributed by atoms with Crippen LogP contribution in [0, 0.1) is 0 Å². The molecule has 2 fully saturated rings. The number of urea groups is 1. The summed E-state index contributed by atoms with van der Waals surface area (Å²) in [4.78, 5) is 29.7. The number of nitrogens with zero attached hydrogens (tertiary/aromatic N) is 3. The Morgan fingerprint density at radius 2 is 1.96 bits per heavy atom. The molecule has 0 spiro atoms. The van der Waals surface area contributed by atoms with Crippen LogP contribution in [0.25, 0.3) is 0 Å². The average molecular weight is 370 g/mol. The third-order valence-corrected chi connectivity index (χ3v) is 5.10. The molecule has 1 aromatic heterocycles. The van der Waals surface area contributed by atoms with E-state index >= 15 is 0 Å². The summed E-state index contributed by atoms with van der Waals surface area (Å²) in [5, 5.41) is 15.9. The summed E-state index contributed by atoms with van der Waals surface area (Å²) < 4.78 is 5.35. The van der Waals surface area contributed by atoms with Crippen molar-refractivity contribution in [3.05, 3.63) is 47.1 Å². The molecule has 1 aliphatic carbocycles. The molecule has 2 aromatic rings. The fourth-order valence-corrected chi connectivity index (χ4v) is 3.34. The van der Waals surface area contributed by atoms with Crippen LogP contribution in [0.15, 0.2) is 28.8 Å². The highest BCUT2D eigenvalue weighted by Crippen LogP contribution is 2.39. The lowest BCUT2D eigenvalue weighted by atomic mass is 9.97. The van der Waals surface area contributed by atoms with Crippen LogP contribution in [-0.2, 0) is 6.54 Å². The van der Waals surface area contributed by atoms with Crippen molar-refractivity contribution < 1.29 is 19.2 Å². The summed E-state index contributed by atoms with van der Waals surface area (Å²) in [5.74, 6) is 1.02. The molecule has 0 bridgehead atoms. The fourth-order valence-electron chi connectivity index (χ4n) is 3.34. The van der Waals surface area contributed by atoms with Gasteiger partial charge in [0, 0.05) is 31.5 Å². The summed E-state index contributed by atoms with van der Waals surface area (Å²) in [5.41, 5.74) is 1.09. The Bertz CT molecular complexity index is 828. The highest BCUT2D eigenvalue weighted by Gasteiger charge is 2.32. The van der Waals surface area contributed by atoms with Crippen LogP contribution in [-0.4, -0.2) is 45.2 Å². The number of carboxylic acids is 1. The van der Waals surface area contributed by atoms with Gasteiger partial charge in [-0.25, -0.2) is 9.59 Å². The number of piperidine rings is 1. The average Bonchev–Trinajstić information content (AvgIpc) is 3.43. The number of aromatic carboxylic acids is 1. The lowest BCUT2D eigenvalue weighted by Crippen LogP contribution is -2.44. The molecule has 1 aromatic carbocycles. The van der Waals surface area contributed by atoms with Crippen molar-refractivity contribution in [1.82, 2.24) is 20.4 Å². The number of hydrogen-bond acceptors (Lipinski definition) is 5. The van der Waals surface area contributed by atoms with Crippen LogP contribution < -0.4 is 5.32 Å². The summed E-state index contributed by atoms with van der Waals surface area (Å²) in [6.45, 7) is 1.63. The smallest absolute Gasteiger partial charge is 0.335 e. The van der Waals surface area contributed by atoms with Crippen molar-refractivity contribution in [3.8, 4) is 0 Å². The molecule has 2 heterocycles. The Kier molecular flexibility index (Phi) is 4.79. The van der Waals surface area contributed by atoms with Gasteiger partial charge in [0.25, 0.3) is 0 Å². The van der Waals surface area contributed by atoms with Crippen LogP contribution in [0.5, 0.6) is 0 Å². The number of carbonyl (C=O) groups is 2. The van der Waals surface area contributed by atoms with Gasteiger partial charge in [-0.3, -0.25) is 0 Å². The van der Waals surface area contributed by atoms with Gasteiger partial charge in [0.1, 0.15) is 0 Å². The first-order chi connectivity index (χ1) is 13.1. The van der Waals surface area contributed by atoms with E-state index in [0.717, 1.165) is 37.1 Å². The van der Waals surface area contributed by atoms with Crippen LogP contribution in [0.1, 0.15) is 65.2 Å². The van der Waals surface area contributed by atoms with E-state index in [1.165, 1.54) is 12.1 Å². The first-order valence-electron chi connectivity index (χ1n) is 9.28. The number of nitrogens with one attached hydrogen (secondary N) is 1. The van der Waals surface area contributed by atoms with Crippen molar-refractivity contribution in [2.75, 3.05) is 13.1 Å². The van der Waals surface area contributed by atoms with Gasteiger partial charge >= 0.3 is 12.0 Å². The van der Waals surface area contributed by atoms with Crippen molar-refractivity contribution in [2.24, 2.45) is 0 Å². The number of hydrogen-bond donors (Lipinski definition) is 2. The summed E-state index contributed by atoms with van der Waals surface area (Å²) in [7, 11) is 0. The van der Waals surface area contributed by atoms with Gasteiger partial charge in [0.2, 0.25) is 5.89 Å². The van der Waals surface area contributed by atoms with Crippen LogP contribution in [0.4, 0.5) is 4.79 Å². The second-order valence-electron chi connectivity index (χ2n) is 7.21. The van der Waals surface area contributed by atoms with Gasteiger partial charge < -0.3 is 19.8 Å². The van der Waals surface area contributed by atoms with Gasteiger partial charge in [-0.1, -0.05) is 17.3 Å². The Labute approximate surface area is 156 Å². The minimum atomic E-state index is -0.962. The Balaban J connectivity index is 1.31. The molecule has 1 saturated carbocycles. The maximum absolute atomic E-state index is 12.5. The molecule has 1 atom stereocenters. The van der Waals surface area contributed by atoms with Gasteiger partial charge in [0.15, 0.2) is 5.82 Å². The maximum atomic E-state index is 12.5. The molecule has 0 radical (unpaired) electrons. The summed E-state index contributed by atoms with van der Waals surface area (Å²) in [6.07, 6.45) is 4.09. The van der Waals surface area contributed by atoms with Gasteiger partial charge in [-0.05, 0) is 43.4 Å². The van der Waals surface area contributed by atoms with E-state index in [2.05, 4.69) is 15.5 Å². The number of rotatable bonds is 5. The standard InChI is InChI=1S/C19H22N4O4/c24-18(25)14-5-3-12(4-6-14)10-20-19(26)23-9-1-2-15(11-23)16-21-17(27-22-16)13-7-8-13/h3-6,13,15H,1-2,7-11H2,(H,20,26)(H,24,25). The maximum Gasteiger partial charge on any atom is 0.335 e. The third-order valence-electron chi connectivity index (χ3n) is 5.10. The lowest BCUT2D eigenvalue weighted by Gasteiger charge is -2.31. The Morgan fingerprint density at radius 1 is 1.19 bits per heavy atom. The molecule has 1 saturated heterocycles. The molecule has 2 amide bonds. The van der Waals surface area contributed by atoms with E-state index in [1.54, 1.807) is 17.0 Å². The Hall–Kier alpha value is -2.90. The molecule has 142 valence electrons. The monoisotopic (exact) mass is 370 g/mol. The van der Waals surface area contributed by atoms with Gasteiger partial charge in [-0.2, -0.15) is 4.98 Å². The number of aromatic nitrogens is 2. The minimum absolute atomic E-state index is 0.107. The van der Waals surface area contributed by atoms with Crippen LogP contribution >= 0.6 is 0 Å². The van der Waals surface area contributed by atoms with E-state index in [9.17, 15) is 9.59 Å². The second-order valence-corrected chi connectivity index (χ2v) is 7.21. The third kappa shape index (κ3) is 4.10. The molecule has 8 nitrogen and oxygen atoms in total. The normalized spacial score (nSPS) is 19.7. The zero-order valence-corrected chi connectivity index (χ0v) is 14.9. The fraction of sp³-hybridized carbons (Fsp3) is 0.474. The number of carbonyl (C=O) groups excluding carboxylic acids is 1. The van der Waals surface area contributed by atoms with Gasteiger partial charge in [-0.15, -0.1) is 0 Å². The van der Waals surface area contributed by atoms with Crippen molar-refractivity contribution in [1.29, 1.82) is 0 Å². The van der Waals surface area contributed by atoms with Gasteiger partial charge in [0.05, 0.1) is 5.56 Å². The predicted molar refractivity (Wildman–Crippen MR) is 95.5 cm³/mol. The quantitative estimate of drug-likeness (QED) is 0.838. The van der Waals surface area contributed by atoms with E-state index in [1.807, 2.05) is 0 Å². The van der Waals surface area contributed by atoms with E-state index in [-0.39, 0.29) is 17.5 Å².